The predicted molar refractivity (Wildman–Crippen MR) is 117 cm³/mol. The van der Waals surface area contributed by atoms with Crippen LogP contribution in [0.5, 0.6) is 0 Å². The van der Waals surface area contributed by atoms with Gasteiger partial charge in [0.15, 0.2) is 0 Å². The molecule has 166 valence electrons. The Kier molecular flexibility index (Phi) is 6.77. The van der Waals surface area contributed by atoms with Crippen molar-refractivity contribution in [1.29, 1.82) is 0 Å². The lowest BCUT2D eigenvalue weighted by molar-refractivity contribution is 0.0156. The zero-order valence-corrected chi connectivity index (χ0v) is 18.4. The van der Waals surface area contributed by atoms with E-state index in [2.05, 4.69) is 10.3 Å². The molecule has 0 unspecified atom stereocenters. The van der Waals surface area contributed by atoms with Crippen LogP contribution in [0.3, 0.4) is 0 Å². The first-order valence-electron chi connectivity index (χ1n) is 10.4. The van der Waals surface area contributed by atoms with E-state index in [9.17, 15) is 14.0 Å². The Hall–Kier alpha value is -3.16. The summed E-state index contributed by atoms with van der Waals surface area (Å²) in [6, 6.07) is 9.42. The molecule has 1 aromatic carbocycles. The molecule has 0 bridgehead atoms. The number of aromatic nitrogens is 1. The molecule has 1 aliphatic heterocycles. The van der Waals surface area contributed by atoms with Crippen LogP contribution in [0.1, 0.15) is 44.0 Å². The van der Waals surface area contributed by atoms with Crippen LogP contribution < -0.4 is 5.32 Å². The highest BCUT2D eigenvalue weighted by Gasteiger charge is 2.31. The number of likely N-dealkylation sites (tertiary alicyclic amines) is 1. The van der Waals surface area contributed by atoms with Gasteiger partial charge in [-0.05, 0) is 63.9 Å². The van der Waals surface area contributed by atoms with Crippen LogP contribution >= 0.6 is 0 Å². The summed E-state index contributed by atoms with van der Waals surface area (Å²) in [5.74, 6) is -0.138. The minimum Gasteiger partial charge on any atom is -0.444 e. The fraction of sp³-hybridized carbons (Fsp3) is 0.435. The Morgan fingerprint density at radius 3 is 2.55 bits per heavy atom. The molecule has 1 N–H and O–H groups in total. The van der Waals surface area contributed by atoms with Crippen LogP contribution in [-0.2, 0) is 4.74 Å². The third kappa shape index (κ3) is 5.93. The Bertz CT molecular complexity index is 936. The van der Waals surface area contributed by atoms with Gasteiger partial charge in [-0.15, -0.1) is 0 Å². The van der Waals surface area contributed by atoms with Gasteiger partial charge in [0, 0.05) is 38.1 Å². The number of pyridine rings is 1. The maximum Gasteiger partial charge on any atom is 0.410 e. The van der Waals surface area contributed by atoms with Crippen molar-refractivity contribution in [3.8, 4) is 0 Å². The van der Waals surface area contributed by atoms with Crippen molar-refractivity contribution in [1.82, 2.24) is 14.8 Å². The van der Waals surface area contributed by atoms with Gasteiger partial charge in [0.05, 0.1) is 5.56 Å². The van der Waals surface area contributed by atoms with E-state index in [1.54, 1.807) is 47.3 Å². The highest BCUT2D eigenvalue weighted by Crippen LogP contribution is 2.24. The molecule has 1 aromatic heterocycles. The molecule has 7 nitrogen and oxygen atoms in total. The molecule has 1 fully saturated rings. The number of piperidine rings is 1. The maximum atomic E-state index is 13.5. The van der Waals surface area contributed by atoms with Crippen LogP contribution in [0.15, 0.2) is 42.6 Å². The topological polar surface area (TPSA) is 74.8 Å². The second kappa shape index (κ2) is 9.32. The summed E-state index contributed by atoms with van der Waals surface area (Å²) in [5.41, 5.74) is 0.393. The molecular weight excluding hydrogens is 399 g/mol. The quantitative estimate of drug-likeness (QED) is 0.780. The Morgan fingerprint density at radius 1 is 1.19 bits per heavy atom. The molecule has 1 aliphatic rings. The predicted octanol–water partition coefficient (Wildman–Crippen LogP) is 4.44. The SMILES string of the molecule is CN(C(=O)OC(C)(C)C)C1CCN(C(=O)c2cccnc2Nc2cccc(F)c2)CC1. The van der Waals surface area contributed by atoms with Gasteiger partial charge >= 0.3 is 6.09 Å². The third-order valence-electron chi connectivity index (χ3n) is 5.11. The average Bonchev–Trinajstić information content (AvgIpc) is 2.72. The van der Waals surface area contributed by atoms with Gasteiger partial charge in [0.2, 0.25) is 0 Å². The van der Waals surface area contributed by atoms with Gasteiger partial charge in [-0.1, -0.05) is 6.07 Å². The van der Waals surface area contributed by atoms with Crippen molar-refractivity contribution in [2.45, 2.75) is 45.3 Å². The van der Waals surface area contributed by atoms with Gasteiger partial charge in [0.25, 0.3) is 5.91 Å². The number of halogens is 1. The smallest absolute Gasteiger partial charge is 0.410 e. The monoisotopic (exact) mass is 428 g/mol. The molecule has 0 saturated carbocycles. The summed E-state index contributed by atoms with van der Waals surface area (Å²) in [6.07, 6.45) is 2.55. The Balaban J connectivity index is 1.64. The van der Waals surface area contributed by atoms with Crippen LogP contribution in [0.2, 0.25) is 0 Å². The lowest BCUT2D eigenvalue weighted by Gasteiger charge is -2.37. The van der Waals surface area contributed by atoms with Crippen LogP contribution in [0, 0.1) is 5.82 Å². The number of nitrogens with one attached hydrogen (secondary N) is 1. The largest absolute Gasteiger partial charge is 0.444 e. The van der Waals surface area contributed by atoms with Gasteiger partial charge in [0.1, 0.15) is 17.2 Å². The summed E-state index contributed by atoms with van der Waals surface area (Å²) >= 11 is 0. The van der Waals surface area contributed by atoms with Gasteiger partial charge in [-0.25, -0.2) is 14.2 Å². The van der Waals surface area contributed by atoms with Crippen molar-refractivity contribution < 1.29 is 18.7 Å². The minimum atomic E-state index is -0.548. The molecule has 0 spiro atoms. The number of ether oxygens (including phenoxy) is 1. The Labute approximate surface area is 182 Å². The van der Waals surface area contributed by atoms with Crippen molar-refractivity contribution in [3.05, 3.63) is 54.0 Å². The summed E-state index contributed by atoms with van der Waals surface area (Å²) in [4.78, 5) is 33.1. The molecule has 2 amide bonds. The fourth-order valence-electron chi connectivity index (χ4n) is 3.49. The van der Waals surface area contributed by atoms with Gasteiger partial charge < -0.3 is 19.9 Å². The van der Waals surface area contributed by atoms with Crippen LogP contribution in [-0.4, -0.2) is 58.6 Å². The number of anilines is 2. The number of carbonyl (C=O) groups excluding carboxylic acids is 2. The fourth-order valence-corrected chi connectivity index (χ4v) is 3.49. The summed E-state index contributed by atoms with van der Waals surface area (Å²) < 4.78 is 18.9. The van der Waals surface area contributed by atoms with E-state index in [0.717, 1.165) is 0 Å². The highest BCUT2D eigenvalue weighted by atomic mass is 19.1. The molecule has 3 rings (SSSR count). The second-order valence-corrected chi connectivity index (χ2v) is 8.65. The summed E-state index contributed by atoms with van der Waals surface area (Å²) in [7, 11) is 1.73. The number of rotatable bonds is 4. The molecule has 0 atom stereocenters. The lowest BCUT2D eigenvalue weighted by Crippen LogP contribution is -2.48. The molecule has 0 radical (unpaired) electrons. The molecular formula is C23H29FN4O3. The van der Waals surface area contributed by atoms with E-state index >= 15 is 0 Å². The van der Waals surface area contributed by atoms with Crippen molar-refractivity contribution in [3.63, 3.8) is 0 Å². The number of carbonyl (C=O) groups is 2. The van der Waals surface area contributed by atoms with Gasteiger partial charge in [-0.3, -0.25) is 4.79 Å². The first-order valence-corrected chi connectivity index (χ1v) is 10.4. The van der Waals surface area contributed by atoms with E-state index in [-0.39, 0.29) is 23.9 Å². The normalized spacial score (nSPS) is 14.8. The lowest BCUT2D eigenvalue weighted by atomic mass is 10.0. The number of hydrogen-bond acceptors (Lipinski definition) is 5. The van der Waals surface area contributed by atoms with Gasteiger partial charge in [-0.2, -0.15) is 0 Å². The van der Waals surface area contributed by atoms with Crippen LogP contribution in [0.25, 0.3) is 0 Å². The molecule has 2 heterocycles. The van der Waals surface area contributed by atoms with Crippen LogP contribution in [0.4, 0.5) is 20.7 Å². The zero-order chi connectivity index (χ0) is 22.6. The van der Waals surface area contributed by atoms with Crippen molar-refractivity contribution >= 4 is 23.5 Å². The van der Waals surface area contributed by atoms with Crippen molar-refractivity contribution in [2.24, 2.45) is 0 Å². The number of hydrogen-bond donors (Lipinski definition) is 1. The van der Waals surface area contributed by atoms with Crippen molar-refractivity contribution in [2.75, 3.05) is 25.5 Å². The average molecular weight is 429 g/mol. The molecule has 2 aromatic rings. The summed E-state index contributed by atoms with van der Waals surface area (Å²) in [6.45, 7) is 6.55. The van der Waals surface area contributed by atoms with E-state index in [0.29, 0.717) is 43.0 Å². The van der Waals surface area contributed by atoms with E-state index in [4.69, 9.17) is 4.74 Å². The maximum absolute atomic E-state index is 13.5. The van der Waals surface area contributed by atoms with E-state index < -0.39 is 5.60 Å². The molecule has 8 heteroatoms. The molecule has 31 heavy (non-hydrogen) atoms. The first-order chi connectivity index (χ1) is 14.6. The molecule has 0 aliphatic carbocycles. The minimum absolute atomic E-state index is 0.0117. The van der Waals surface area contributed by atoms with E-state index in [1.807, 2.05) is 20.8 Å². The zero-order valence-electron chi connectivity index (χ0n) is 18.4. The third-order valence-corrected chi connectivity index (χ3v) is 5.11. The van der Waals surface area contributed by atoms with E-state index in [1.165, 1.54) is 12.1 Å². The highest BCUT2D eigenvalue weighted by molar-refractivity contribution is 5.99. The first kappa shape index (κ1) is 22.5. The number of benzene rings is 1. The standard InChI is InChI=1S/C23H29FN4O3/c1-23(2,3)31-22(30)27(4)18-10-13-28(14-11-18)21(29)19-9-6-12-25-20(19)26-17-8-5-7-16(24)15-17/h5-9,12,15,18H,10-11,13-14H2,1-4H3,(H,25,26). The Morgan fingerprint density at radius 2 is 1.90 bits per heavy atom. The number of amides is 2. The summed E-state index contributed by atoms with van der Waals surface area (Å²) in [5, 5.41) is 3.03. The molecule has 1 saturated heterocycles. The second-order valence-electron chi connectivity index (χ2n) is 8.65. The number of nitrogens with zero attached hydrogens (tertiary/aromatic N) is 3.